The number of rotatable bonds is 8. The molecule has 0 radical (unpaired) electrons. The number of methoxy groups -OCH3 is 2. The Hall–Kier alpha value is -3.81. The van der Waals surface area contributed by atoms with E-state index in [1.165, 1.54) is 5.56 Å². The fourth-order valence-electron chi connectivity index (χ4n) is 3.35. The average Bonchev–Trinajstić information content (AvgIpc) is 3.39. The highest BCUT2D eigenvalue weighted by Gasteiger charge is 2.11. The van der Waals surface area contributed by atoms with Crippen molar-refractivity contribution in [3.8, 4) is 11.5 Å². The van der Waals surface area contributed by atoms with Gasteiger partial charge in [0.15, 0.2) is 0 Å². The number of nitrogens with one attached hydrogen (secondary N) is 2. The molecule has 0 fully saturated rings. The Kier molecular flexibility index (Phi) is 5.65. The molecule has 0 aliphatic carbocycles. The van der Waals surface area contributed by atoms with Crippen molar-refractivity contribution < 1.29 is 14.3 Å². The molecule has 0 saturated heterocycles. The van der Waals surface area contributed by atoms with Crippen molar-refractivity contribution in [1.29, 1.82) is 0 Å². The molecule has 2 aromatic carbocycles. The Morgan fingerprint density at radius 2 is 1.90 bits per heavy atom. The van der Waals surface area contributed by atoms with Gasteiger partial charge in [-0.15, -0.1) is 5.10 Å². The summed E-state index contributed by atoms with van der Waals surface area (Å²) in [4.78, 5) is 16.8. The fraction of sp³-hybridized carbons (Fsp3) is 0.227. The zero-order valence-electron chi connectivity index (χ0n) is 16.9. The van der Waals surface area contributed by atoms with Crippen LogP contribution in [0.5, 0.6) is 11.5 Å². The Morgan fingerprint density at radius 3 is 2.67 bits per heavy atom. The number of aryl methyl sites for hydroxylation is 2. The van der Waals surface area contributed by atoms with E-state index < -0.39 is 0 Å². The monoisotopic (exact) mass is 405 g/mol. The summed E-state index contributed by atoms with van der Waals surface area (Å²) in [5, 5.41) is 10.7. The molecule has 30 heavy (non-hydrogen) atoms. The third kappa shape index (κ3) is 4.27. The van der Waals surface area contributed by atoms with Crippen LogP contribution in [0.3, 0.4) is 0 Å². The first-order valence-electron chi connectivity index (χ1n) is 9.62. The number of hydrogen-bond acceptors (Lipinski definition) is 5. The number of carbonyl (C=O) groups excluding carboxylic acids is 1. The van der Waals surface area contributed by atoms with E-state index in [1.807, 2.05) is 59.3 Å². The first-order valence-corrected chi connectivity index (χ1v) is 9.62. The van der Waals surface area contributed by atoms with Crippen LogP contribution in [0.4, 0.5) is 5.95 Å². The van der Waals surface area contributed by atoms with Gasteiger partial charge in [0, 0.05) is 18.0 Å². The normalized spacial score (nSPS) is 10.9. The molecule has 0 bridgehead atoms. The summed E-state index contributed by atoms with van der Waals surface area (Å²) < 4.78 is 12.4. The molecular formula is C22H23N5O3. The molecule has 2 aromatic heterocycles. The number of amides is 1. The number of nitrogens with zero attached hydrogens (tertiary/aromatic N) is 3. The Bertz CT molecular complexity index is 1150. The van der Waals surface area contributed by atoms with Gasteiger partial charge in [0.2, 0.25) is 11.9 Å². The van der Waals surface area contributed by atoms with Crippen LogP contribution in [-0.2, 0) is 24.2 Å². The number of aromatic nitrogens is 4. The van der Waals surface area contributed by atoms with Gasteiger partial charge < -0.3 is 14.0 Å². The highest BCUT2D eigenvalue weighted by molar-refractivity contribution is 5.92. The lowest BCUT2D eigenvalue weighted by Crippen LogP contribution is -2.19. The Morgan fingerprint density at radius 1 is 1.07 bits per heavy atom. The van der Waals surface area contributed by atoms with Crippen molar-refractivity contribution in [3.63, 3.8) is 0 Å². The van der Waals surface area contributed by atoms with Crippen molar-refractivity contribution in [2.24, 2.45) is 0 Å². The maximum absolute atomic E-state index is 12.5. The van der Waals surface area contributed by atoms with Gasteiger partial charge in [0.1, 0.15) is 23.9 Å². The topological polar surface area (TPSA) is 94.1 Å². The zero-order chi connectivity index (χ0) is 20.9. The van der Waals surface area contributed by atoms with E-state index >= 15 is 0 Å². The molecular weight excluding hydrogens is 382 g/mol. The molecule has 0 aliphatic heterocycles. The van der Waals surface area contributed by atoms with E-state index in [2.05, 4.69) is 20.5 Å². The van der Waals surface area contributed by atoms with Gasteiger partial charge in [0.05, 0.1) is 19.7 Å². The summed E-state index contributed by atoms with van der Waals surface area (Å²) >= 11 is 0. The minimum Gasteiger partial charge on any atom is -0.497 e. The molecule has 8 nitrogen and oxygen atoms in total. The second kappa shape index (κ2) is 8.69. The highest BCUT2D eigenvalue weighted by Crippen LogP contribution is 2.26. The van der Waals surface area contributed by atoms with Gasteiger partial charge in [-0.1, -0.05) is 18.2 Å². The maximum Gasteiger partial charge on any atom is 0.248 e. The first kappa shape index (κ1) is 19.5. The number of ether oxygens (including phenoxy) is 2. The second-order valence-corrected chi connectivity index (χ2v) is 6.84. The number of fused-ring (bicyclic) bond motifs is 1. The lowest BCUT2D eigenvalue weighted by Gasteiger charge is -2.06. The number of anilines is 1. The van der Waals surface area contributed by atoms with Crippen LogP contribution >= 0.6 is 0 Å². The largest absolute Gasteiger partial charge is 0.497 e. The number of hydrogen-bond donors (Lipinski definition) is 2. The molecule has 2 N–H and O–H groups in total. The maximum atomic E-state index is 12.5. The predicted octanol–water partition coefficient (Wildman–Crippen LogP) is 3.20. The van der Waals surface area contributed by atoms with Crippen molar-refractivity contribution >= 4 is 22.8 Å². The van der Waals surface area contributed by atoms with Crippen molar-refractivity contribution in [3.05, 3.63) is 66.1 Å². The lowest BCUT2D eigenvalue weighted by molar-refractivity contribution is -0.116. The van der Waals surface area contributed by atoms with Crippen molar-refractivity contribution in [2.75, 3.05) is 19.5 Å². The van der Waals surface area contributed by atoms with Gasteiger partial charge >= 0.3 is 0 Å². The number of aromatic amines is 1. The summed E-state index contributed by atoms with van der Waals surface area (Å²) in [6, 6.07) is 15.6. The second-order valence-electron chi connectivity index (χ2n) is 6.84. The van der Waals surface area contributed by atoms with E-state index in [0.29, 0.717) is 6.42 Å². The van der Waals surface area contributed by atoms with Crippen molar-refractivity contribution in [2.45, 2.75) is 19.4 Å². The van der Waals surface area contributed by atoms with Crippen LogP contribution in [0.2, 0.25) is 0 Å². The van der Waals surface area contributed by atoms with Crippen LogP contribution < -0.4 is 14.8 Å². The van der Waals surface area contributed by atoms with Crippen LogP contribution in [-0.4, -0.2) is 39.9 Å². The van der Waals surface area contributed by atoms with Crippen LogP contribution in [0.15, 0.2) is 54.7 Å². The van der Waals surface area contributed by atoms with Gasteiger partial charge in [0.25, 0.3) is 0 Å². The number of H-pyrrole nitrogens is 1. The molecule has 0 spiro atoms. The quantitative estimate of drug-likeness (QED) is 0.469. The summed E-state index contributed by atoms with van der Waals surface area (Å²) in [6.07, 6.45) is 3.37. The van der Waals surface area contributed by atoms with E-state index in [4.69, 9.17) is 9.47 Å². The third-order valence-electron chi connectivity index (χ3n) is 4.90. The van der Waals surface area contributed by atoms with Gasteiger partial charge in [-0.25, -0.2) is 0 Å². The predicted molar refractivity (Wildman–Crippen MR) is 114 cm³/mol. The molecule has 8 heteroatoms. The van der Waals surface area contributed by atoms with Gasteiger partial charge in [-0.2, -0.15) is 4.98 Å². The molecule has 0 saturated carbocycles. The number of carbonyl (C=O) groups is 1. The van der Waals surface area contributed by atoms with E-state index in [9.17, 15) is 4.79 Å². The summed E-state index contributed by atoms with van der Waals surface area (Å²) in [6.45, 7) is 0.159. The molecule has 0 aliphatic rings. The molecule has 0 atom stereocenters. The van der Waals surface area contributed by atoms with Gasteiger partial charge in [-0.3, -0.25) is 15.2 Å². The summed E-state index contributed by atoms with van der Waals surface area (Å²) in [7, 11) is 3.28. The average molecular weight is 405 g/mol. The van der Waals surface area contributed by atoms with Crippen LogP contribution in [0, 0.1) is 0 Å². The van der Waals surface area contributed by atoms with Gasteiger partial charge in [-0.05, 0) is 42.3 Å². The summed E-state index contributed by atoms with van der Waals surface area (Å²) in [5.41, 5.74) is 2.10. The Labute approximate surface area is 173 Å². The summed E-state index contributed by atoms with van der Waals surface area (Å²) in [5.74, 6) is 2.41. The molecule has 1 amide bonds. The van der Waals surface area contributed by atoms with E-state index in [-0.39, 0.29) is 18.4 Å². The lowest BCUT2D eigenvalue weighted by atomic mass is 10.1. The zero-order valence-corrected chi connectivity index (χ0v) is 16.9. The van der Waals surface area contributed by atoms with Crippen LogP contribution in [0.1, 0.15) is 11.4 Å². The van der Waals surface area contributed by atoms with Crippen molar-refractivity contribution in [1.82, 2.24) is 19.7 Å². The molecule has 4 aromatic rings. The Balaban J connectivity index is 1.35. The standard InChI is InChI=1S/C22H23N5O3/c1-29-16-9-6-15(7-10-16)8-11-20-23-22(26-25-20)24-21(28)14-27-13-12-17-18(27)4-3-5-19(17)30-2/h3-7,9-10,12-13H,8,11,14H2,1-2H3,(H2,23,24,25,26,28). The molecule has 154 valence electrons. The minimum atomic E-state index is -0.198. The minimum absolute atomic E-state index is 0.159. The SMILES string of the molecule is COc1ccc(CCc2nc(NC(=O)Cn3ccc4c(OC)cccc43)n[nH]2)cc1. The highest BCUT2D eigenvalue weighted by atomic mass is 16.5. The van der Waals surface area contributed by atoms with E-state index in [1.54, 1.807) is 14.2 Å². The van der Waals surface area contributed by atoms with E-state index in [0.717, 1.165) is 34.6 Å². The van der Waals surface area contributed by atoms with Crippen LogP contribution in [0.25, 0.3) is 10.9 Å². The first-order chi connectivity index (χ1) is 14.7. The smallest absolute Gasteiger partial charge is 0.248 e. The molecule has 4 rings (SSSR count). The molecule has 2 heterocycles. The third-order valence-corrected chi connectivity index (χ3v) is 4.90. The molecule has 0 unspecified atom stereocenters. The number of benzene rings is 2. The fourth-order valence-corrected chi connectivity index (χ4v) is 3.35.